The molecule has 0 fully saturated rings. The lowest BCUT2D eigenvalue weighted by Gasteiger charge is -2.26. The number of benzene rings is 1. The first kappa shape index (κ1) is 21.2. The molecule has 0 radical (unpaired) electrons. The van der Waals surface area contributed by atoms with E-state index in [9.17, 15) is 24.6 Å². The number of thioether (sulfide) groups is 1. The highest BCUT2D eigenvalue weighted by molar-refractivity contribution is 8.02. The highest BCUT2D eigenvalue weighted by Crippen LogP contribution is 2.56. The Labute approximate surface area is 162 Å². The summed E-state index contributed by atoms with van der Waals surface area (Å²) in [4.78, 5) is 37.7. The van der Waals surface area contributed by atoms with Crippen molar-refractivity contribution in [2.75, 3.05) is 13.2 Å². The van der Waals surface area contributed by atoms with Crippen molar-refractivity contribution in [3.05, 3.63) is 22.8 Å². The largest absolute Gasteiger partial charge is 0.507 e. The van der Waals surface area contributed by atoms with Gasteiger partial charge in [0.1, 0.15) is 11.9 Å². The number of phenolic OH excluding ortho intramolecular Hbond substituents is 1. The Kier molecular flexibility index (Phi) is 6.54. The number of aromatic hydroxyl groups is 1. The number of carbonyl (C=O) groups excluding carboxylic acids is 3. The average Bonchev–Trinajstić information content (AvgIpc) is 2.91. The van der Waals surface area contributed by atoms with Crippen LogP contribution in [0.5, 0.6) is 5.75 Å². The molecule has 0 aliphatic carbocycles. The fourth-order valence-electron chi connectivity index (χ4n) is 3.11. The monoisotopic (exact) mass is 396 g/mol. The maximum absolute atomic E-state index is 12.7. The van der Waals surface area contributed by atoms with Gasteiger partial charge in [0.2, 0.25) is 4.75 Å². The number of aliphatic hydroxyl groups excluding tert-OH is 1. The van der Waals surface area contributed by atoms with Crippen LogP contribution in [-0.2, 0) is 25.5 Å². The van der Waals surface area contributed by atoms with E-state index in [1.165, 1.54) is 13.0 Å². The van der Waals surface area contributed by atoms with Crippen molar-refractivity contribution in [1.82, 2.24) is 0 Å². The van der Waals surface area contributed by atoms with Gasteiger partial charge in [-0.15, -0.1) is 0 Å². The number of carbonyl (C=O) groups is 3. The molecule has 1 aromatic rings. The SMILES string of the molecule is CCCc1c(O)c(C(C)=O)cc2c1SC(C(=O)OCC)(C(=O)OCC)C2O. The van der Waals surface area contributed by atoms with Crippen LogP contribution in [0.15, 0.2) is 11.0 Å². The van der Waals surface area contributed by atoms with E-state index < -0.39 is 22.8 Å². The van der Waals surface area contributed by atoms with Gasteiger partial charge in [0, 0.05) is 10.5 Å². The molecule has 1 aromatic carbocycles. The zero-order valence-electron chi connectivity index (χ0n) is 15.8. The van der Waals surface area contributed by atoms with Crippen molar-refractivity contribution >= 4 is 29.5 Å². The number of aliphatic hydroxyl groups is 1. The minimum atomic E-state index is -2.03. The molecule has 0 aromatic heterocycles. The fourth-order valence-corrected chi connectivity index (χ4v) is 4.57. The number of rotatable bonds is 7. The molecule has 0 bridgehead atoms. The van der Waals surface area contributed by atoms with Crippen molar-refractivity contribution in [2.24, 2.45) is 0 Å². The predicted octanol–water partition coefficient (Wildman–Crippen LogP) is 2.55. The van der Waals surface area contributed by atoms with Gasteiger partial charge >= 0.3 is 11.9 Å². The van der Waals surface area contributed by atoms with Gasteiger partial charge in [0.05, 0.1) is 18.8 Å². The Morgan fingerprint density at radius 2 is 1.70 bits per heavy atom. The van der Waals surface area contributed by atoms with E-state index in [1.807, 2.05) is 6.92 Å². The summed E-state index contributed by atoms with van der Waals surface area (Å²) in [6.07, 6.45) is -0.495. The Bertz CT molecular complexity index is 754. The van der Waals surface area contributed by atoms with E-state index in [4.69, 9.17) is 9.47 Å². The van der Waals surface area contributed by atoms with Crippen molar-refractivity contribution in [1.29, 1.82) is 0 Å². The maximum atomic E-state index is 12.7. The summed E-state index contributed by atoms with van der Waals surface area (Å²) in [7, 11) is 0. The third-order valence-electron chi connectivity index (χ3n) is 4.36. The van der Waals surface area contributed by atoms with Crippen LogP contribution < -0.4 is 0 Å². The molecule has 0 saturated carbocycles. The van der Waals surface area contributed by atoms with Crippen LogP contribution in [0.2, 0.25) is 0 Å². The minimum absolute atomic E-state index is 0.0232. The molecule has 1 aliphatic rings. The van der Waals surface area contributed by atoms with Crippen molar-refractivity contribution in [3.8, 4) is 5.75 Å². The van der Waals surface area contributed by atoms with E-state index in [-0.39, 0.29) is 35.9 Å². The molecular formula is C19H24O7S. The minimum Gasteiger partial charge on any atom is -0.507 e. The zero-order chi connectivity index (χ0) is 20.4. The number of phenols is 1. The summed E-state index contributed by atoms with van der Waals surface area (Å²) in [6.45, 7) is 6.43. The molecule has 1 atom stereocenters. The molecule has 2 rings (SSSR count). The summed E-state index contributed by atoms with van der Waals surface area (Å²) in [5.74, 6) is -2.40. The van der Waals surface area contributed by atoms with Gasteiger partial charge in [-0.3, -0.25) is 4.79 Å². The third-order valence-corrected chi connectivity index (χ3v) is 5.92. The van der Waals surface area contributed by atoms with Gasteiger partial charge in [0.25, 0.3) is 0 Å². The molecular weight excluding hydrogens is 372 g/mol. The van der Waals surface area contributed by atoms with Crippen LogP contribution in [0.4, 0.5) is 0 Å². The lowest BCUT2D eigenvalue weighted by Crippen LogP contribution is -2.48. The first-order valence-corrected chi connectivity index (χ1v) is 9.68. The molecule has 148 valence electrons. The van der Waals surface area contributed by atoms with E-state index in [0.29, 0.717) is 23.3 Å². The second kappa shape index (κ2) is 8.31. The van der Waals surface area contributed by atoms with Gasteiger partial charge in [-0.2, -0.15) is 0 Å². The lowest BCUT2D eigenvalue weighted by molar-refractivity contribution is -0.163. The van der Waals surface area contributed by atoms with Crippen LogP contribution in [0.25, 0.3) is 0 Å². The second-order valence-electron chi connectivity index (χ2n) is 6.16. The smallest absolute Gasteiger partial charge is 0.337 e. The number of ether oxygens (including phenoxy) is 2. The molecule has 27 heavy (non-hydrogen) atoms. The Balaban J connectivity index is 2.72. The Morgan fingerprint density at radius 1 is 1.15 bits per heavy atom. The summed E-state index contributed by atoms with van der Waals surface area (Å²) in [5, 5.41) is 21.5. The average molecular weight is 396 g/mol. The molecule has 1 unspecified atom stereocenters. The predicted molar refractivity (Wildman–Crippen MR) is 98.9 cm³/mol. The Hall–Kier alpha value is -2.06. The van der Waals surface area contributed by atoms with Gasteiger partial charge in [-0.1, -0.05) is 25.1 Å². The highest BCUT2D eigenvalue weighted by Gasteiger charge is 2.61. The molecule has 0 amide bonds. The van der Waals surface area contributed by atoms with Gasteiger partial charge < -0.3 is 19.7 Å². The van der Waals surface area contributed by atoms with Crippen LogP contribution in [-0.4, -0.2) is 45.9 Å². The van der Waals surface area contributed by atoms with Gasteiger partial charge in [-0.25, -0.2) is 9.59 Å². The van der Waals surface area contributed by atoms with Crippen molar-refractivity contribution in [3.63, 3.8) is 0 Å². The first-order valence-electron chi connectivity index (χ1n) is 8.87. The van der Waals surface area contributed by atoms with Crippen LogP contribution in [0, 0.1) is 0 Å². The fraction of sp³-hybridized carbons (Fsp3) is 0.526. The zero-order valence-corrected chi connectivity index (χ0v) is 16.6. The molecule has 0 spiro atoms. The van der Waals surface area contributed by atoms with E-state index >= 15 is 0 Å². The number of esters is 2. The number of fused-ring (bicyclic) bond motifs is 1. The van der Waals surface area contributed by atoms with Crippen molar-refractivity contribution in [2.45, 2.75) is 56.3 Å². The standard InChI is InChI=1S/C19H24O7S/c1-5-8-11-14(21)12(10(4)20)9-13-15(11)27-19(16(13)22,17(23)25-6-2)18(24)26-7-3/h9,16,21-22H,5-8H2,1-4H3. The number of Topliss-reactive ketones (excluding diaryl/α,β-unsaturated/α-hetero) is 1. The molecule has 8 heteroatoms. The van der Waals surface area contributed by atoms with Crippen LogP contribution >= 0.6 is 11.8 Å². The topological polar surface area (TPSA) is 110 Å². The van der Waals surface area contributed by atoms with E-state index in [0.717, 1.165) is 11.8 Å². The number of hydrogen-bond donors (Lipinski definition) is 2. The maximum Gasteiger partial charge on any atom is 0.337 e. The second-order valence-corrected chi connectivity index (χ2v) is 7.41. The quantitative estimate of drug-likeness (QED) is 0.411. The van der Waals surface area contributed by atoms with Crippen LogP contribution in [0.3, 0.4) is 0 Å². The highest BCUT2D eigenvalue weighted by atomic mass is 32.2. The summed E-state index contributed by atoms with van der Waals surface area (Å²) >= 11 is 0.819. The van der Waals surface area contributed by atoms with Gasteiger partial charge in [-0.05, 0) is 38.8 Å². The molecule has 7 nitrogen and oxygen atoms in total. The van der Waals surface area contributed by atoms with Crippen molar-refractivity contribution < 1.29 is 34.1 Å². The summed E-state index contributed by atoms with van der Waals surface area (Å²) < 4.78 is 8.08. The first-order chi connectivity index (χ1) is 12.8. The molecule has 2 N–H and O–H groups in total. The molecule has 0 saturated heterocycles. The van der Waals surface area contributed by atoms with E-state index in [2.05, 4.69) is 0 Å². The lowest BCUT2D eigenvalue weighted by atomic mass is 9.90. The number of ketones is 1. The van der Waals surface area contributed by atoms with Crippen LogP contribution in [0.1, 0.15) is 61.7 Å². The molecule has 1 aliphatic heterocycles. The normalized spacial score (nSPS) is 17.3. The summed E-state index contributed by atoms with van der Waals surface area (Å²) in [6, 6.07) is 1.34. The number of hydrogen-bond acceptors (Lipinski definition) is 8. The molecule has 1 heterocycles. The Morgan fingerprint density at radius 3 is 2.15 bits per heavy atom. The van der Waals surface area contributed by atoms with Gasteiger partial charge in [0.15, 0.2) is 5.78 Å². The summed E-state index contributed by atoms with van der Waals surface area (Å²) in [5.41, 5.74) is 0.715. The third kappa shape index (κ3) is 3.43. The van der Waals surface area contributed by atoms with E-state index in [1.54, 1.807) is 13.8 Å².